The molecule has 2 rings (SSSR count). The number of hydrogen-bond acceptors (Lipinski definition) is 6. The SMILES string of the molecule is CCN(CC)S(=O)(=O)c1ccc(CNCc2sccc2C)cc1.O=C(O)C(=O)O. The van der Waals surface area contributed by atoms with E-state index in [2.05, 4.69) is 23.7 Å². The number of aliphatic carboxylic acids is 2. The van der Waals surface area contributed by atoms with E-state index in [1.165, 1.54) is 14.7 Å². The lowest BCUT2D eigenvalue weighted by molar-refractivity contribution is -0.159. The summed E-state index contributed by atoms with van der Waals surface area (Å²) in [4.78, 5) is 19.9. The Labute approximate surface area is 174 Å². The maximum absolute atomic E-state index is 12.4. The van der Waals surface area contributed by atoms with Crippen molar-refractivity contribution >= 4 is 33.3 Å². The number of benzene rings is 1. The first kappa shape index (κ1) is 24.8. The molecular weight excluding hydrogens is 416 g/mol. The van der Waals surface area contributed by atoms with Gasteiger partial charge in [0.1, 0.15) is 0 Å². The van der Waals surface area contributed by atoms with E-state index in [4.69, 9.17) is 19.8 Å². The third kappa shape index (κ3) is 7.58. The molecule has 0 unspecified atom stereocenters. The van der Waals surface area contributed by atoms with Crippen LogP contribution < -0.4 is 5.32 Å². The molecule has 3 N–H and O–H groups in total. The van der Waals surface area contributed by atoms with Gasteiger partial charge >= 0.3 is 11.9 Å². The molecule has 1 aromatic carbocycles. The smallest absolute Gasteiger partial charge is 0.414 e. The second kappa shape index (κ2) is 11.7. The summed E-state index contributed by atoms with van der Waals surface area (Å²) in [6.07, 6.45) is 0. The number of hydrogen-bond donors (Lipinski definition) is 3. The van der Waals surface area contributed by atoms with Crippen molar-refractivity contribution in [3.05, 3.63) is 51.7 Å². The molecule has 0 amide bonds. The summed E-state index contributed by atoms with van der Waals surface area (Å²) in [5, 5.41) is 20.3. The first-order valence-electron chi connectivity index (χ1n) is 8.92. The van der Waals surface area contributed by atoms with Crippen LogP contribution in [0, 0.1) is 6.92 Å². The zero-order chi connectivity index (χ0) is 22.0. The number of carboxylic acid groups (broad SMARTS) is 2. The normalized spacial score (nSPS) is 11.0. The highest BCUT2D eigenvalue weighted by Crippen LogP contribution is 2.17. The summed E-state index contributed by atoms with van der Waals surface area (Å²) in [6, 6.07) is 9.27. The number of nitrogens with one attached hydrogen (secondary N) is 1. The van der Waals surface area contributed by atoms with Crippen molar-refractivity contribution < 1.29 is 28.2 Å². The number of aryl methyl sites for hydroxylation is 1. The largest absolute Gasteiger partial charge is 0.473 e. The van der Waals surface area contributed by atoms with E-state index in [0.29, 0.717) is 18.0 Å². The van der Waals surface area contributed by atoms with Crippen molar-refractivity contribution in [3.8, 4) is 0 Å². The molecule has 0 saturated carbocycles. The van der Waals surface area contributed by atoms with Gasteiger partial charge in [0.05, 0.1) is 4.90 Å². The van der Waals surface area contributed by atoms with Crippen LogP contribution >= 0.6 is 11.3 Å². The lowest BCUT2D eigenvalue weighted by Gasteiger charge is -2.18. The topological polar surface area (TPSA) is 124 Å². The van der Waals surface area contributed by atoms with E-state index in [1.807, 2.05) is 26.0 Å². The monoisotopic (exact) mass is 442 g/mol. The van der Waals surface area contributed by atoms with Gasteiger partial charge < -0.3 is 15.5 Å². The molecule has 0 spiro atoms. The van der Waals surface area contributed by atoms with Crippen LogP contribution in [-0.4, -0.2) is 48.0 Å². The molecular formula is C19H26N2O6S2. The van der Waals surface area contributed by atoms with Crippen molar-refractivity contribution in [3.63, 3.8) is 0 Å². The Kier molecular flexibility index (Phi) is 9.96. The molecule has 8 nitrogen and oxygen atoms in total. The van der Waals surface area contributed by atoms with Gasteiger partial charge in [-0.05, 0) is 41.6 Å². The van der Waals surface area contributed by atoms with Crippen LogP contribution in [0.4, 0.5) is 0 Å². The number of rotatable bonds is 8. The van der Waals surface area contributed by atoms with Gasteiger partial charge in [-0.3, -0.25) is 0 Å². The minimum Gasteiger partial charge on any atom is -0.473 e. The lowest BCUT2D eigenvalue weighted by atomic mass is 10.2. The maximum Gasteiger partial charge on any atom is 0.414 e. The van der Waals surface area contributed by atoms with E-state index in [0.717, 1.165) is 18.7 Å². The van der Waals surface area contributed by atoms with E-state index < -0.39 is 22.0 Å². The Morgan fingerprint density at radius 1 is 1.00 bits per heavy atom. The van der Waals surface area contributed by atoms with Gasteiger partial charge in [0.15, 0.2) is 0 Å². The number of thiophene rings is 1. The summed E-state index contributed by atoms with van der Waals surface area (Å²) in [6.45, 7) is 8.36. The fraction of sp³-hybridized carbons (Fsp3) is 0.368. The molecule has 10 heteroatoms. The lowest BCUT2D eigenvalue weighted by Crippen LogP contribution is -2.30. The first-order valence-corrected chi connectivity index (χ1v) is 11.2. The van der Waals surface area contributed by atoms with Gasteiger partial charge in [-0.2, -0.15) is 4.31 Å². The molecule has 1 heterocycles. The molecule has 1 aromatic heterocycles. The average Bonchev–Trinajstić information content (AvgIpc) is 3.08. The molecule has 0 saturated heterocycles. The van der Waals surface area contributed by atoms with Crippen LogP contribution in [-0.2, 0) is 32.7 Å². The Morgan fingerprint density at radius 2 is 1.55 bits per heavy atom. The van der Waals surface area contributed by atoms with Crippen LogP contribution in [0.5, 0.6) is 0 Å². The van der Waals surface area contributed by atoms with Gasteiger partial charge in [-0.15, -0.1) is 11.3 Å². The van der Waals surface area contributed by atoms with Crippen LogP contribution in [0.25, 0.3) is 0 Å². The number of carboxylic acids is 2. The average molecular weight is 443 g/mol. The highest BCUT2D eigenvalue weighted by atomic mass is 32.2. The number of carbonyl (C=O) groups is 2. The third-order valence-corrected chi connectivity index (χ3v) is 7.12. The highest BCUT2D eigenvalue weighted by molar-refractivity contribution is 7.89. The zero-order valence-electron chi connectivity index (χ0n) is 16.6. The number of nitrogens with zero attached hydrogens (tertiary/aromatic N) is 1. The van der Waals surface area contributed by atoms with E-state index in [1.54, 1.807) is 23.5 Å². The minimum atomic E-state index is -3.36. The summed E-state index contributed by atoms with van der Waals surface area (Å²) in [5.41, 5.74) is 2.39. The molecule has 160 valence electrons. The Balaban J connectivity index is 0.000000612. The van der Waals surface area contributed by atoms with Gasteiger partial charge in [0.25, 0.3) is 0 Å². The third-order valence-electron chi connectivity index (χ3n) is 4.03. The molecule has 0 aliphatic heterocycles. The van der Waals surface area contributed by atoms with E-state index >= 15 is 0 Å². The van der Waals surface area contributed by atoms with Gasteiger partial charge in [-0.1, -0.05) is 26.0 Å². The molecule has 0 fully saturated rings. The predicted molar refractivity (Wildman–Crippen MR) is 111 cm³/mol. The van der Waals surface area contributed by atoms with Crippen molar-refractivity contribution in [1.29, 1.82) is 0 Å². The number of sulfonamides is 1. The van der Waals surface area contributed by atoms with Crippen molar-refractivity contribution in [2.45, 2.75) is 38.8 Å². The maximum atomic E-state index is 12.4. The van der Waals surface area contributed by atoms with E-state index in [-0.39, 0.29) is 0 Å². The van der Waals surface area contributed by atoms with Gasteiger partial charge in [0, 0.05) is 31.1 Å². The van der Waals surface area contributed by atoms with Gasteiger partial charge in [0.2, 0.25) is 10.0 Å². The molecule has 0 aliphatic carbocycles. The minimum absolute atomic E-state index is 0.360. The molecule has 2 aromatic rings. The van der Waals surface area contributed by atoms with E-state index in [9.17, 15) is 8.42 Å². The van der Waals surface area contributed by atoms with Crippen LogP contribution in [0.3, 0.4) is 0 Å². The molecule has 29 heavy (non-hydrogen) atoms. The summed E-state index contributed by atoms with van der Waals surface area (Å²) < 4.78 is 26.3. The van der Waals surface area contributed by atoms with Crippen LogP contribution in [0.2, 0.25) is 0 Å². The van der Waals surface area contributed by atoms with Gasteiger partial charge in [-0.25, -0.2) is 18.0 Å². The molecule has 0 bridgehead atoms. The zero-order valence-corrected chi connectivity index (χ0v) is 18.2. The second-order valence-corrected chi connectivity index (χ2v) is 8.91. The summed E-state index contributed by atoms with van der Waals surface area (Å²) in [7, 11) is -3.36. The Morgan fingerprint density at radius 3 is 1.97 bits per heavy atom. The van der Waals surface area contributed by atoms with Crippen LogP contribution in [0.15, 0.2) is 40.6 Å². The fourth-order valence-corrected chi connectivity index (χ4v) is 4.73. The molecule has 0 aliphatic rings. The molecule has 0 atom stereocenters. The van der Waals surface area contributed by atoms with Crippen molar-refractivity contribution in [1.82, 2.24) is 9.62 Å². The molecule has 0 radical (unpaired) electrons. The Hall–Kier alpha value is -2.27. The van der Waals surface area contributed by atoms with Crippen LogP contribution in [0.1, 0.15) is 29.9 Å². The standard InChI is InChI=1S/C17H24N2O2S2.C2H2O4/c1-4-19(5-2)23(20,21)16-8-6-15(7-9-16)12-18-13-17-14(3)10-11-22-17;3-1(4)2(5)6/h6-11,18H,4-5,12-13H2,1-3H3;(H,3,4)(H,5,6). The summed E-state index contributed by atoms with van der Waals surface area (Å²) >= 11 is 1.75. The first-order chi connectivity index (χ1) is 13.6. The Bertz CT molecular complexity index is 891. The predicted octanol–water partition coefficient (Wildman–Crippen LogP) is 2.53. The quantitative estimate of drug-likeness (QED) is 0.537. The second-order valence-electron chi connectivity index (χ2n) is 5.97. The summed E-state index contributed by atoms with van der Waals surface area (Å²) in [5.74, 6) is -3.65. The fourth-order valence-electron chi connectivity index (χ4n) is 2.40. The highest BCUT2D eigenvalue weighted by Gasteiger charge is 2.21. The van der Waals surface area contributed by atoms with Crippen molar-refractivity contribution in [2.75, 3.05) is 13.1 Å². The van der Waals surface area contributed by atoms with Crippen molar-refractivity contribution in [2.24, 2.45) is 0 Å².